The summed E-state index contributed by atoms with van der Waals surface area (Å²) < 4.78 is 5.46. The van der Waals surface area contributed by atoms with Crippen LogP contribution in [0.25, 0.3) is 0 Å². The Bertz CT molecular complexity index is 633. The Morgan fingerprint density at radius 2 is 2.09 bits per heavy atom. The van der Waals surface area contributed by atoms with E-state index in [1.807, 2.05) is 29.2 Å². The van der Waals surface area contributed by atoms with Crippen molar-refractivity contribution in [3.63, 3.8) is 0 Å². The van der Waals surface area contributed by atoms with Crippen molar-refractivity contribution in [2.24, 2.45) is 5.73 Å². The molecule has 1 aromatic heterocycles. The summed E-state index contributed by atoms with van der Waals surface area (Å²) in [7, 11) is 0. The number of amides is 1. The van der Waals surface area contributed by atoms with Gasteiger partial charge in [0.25, 0.3) is 5.91 Å². The molecule has 23 heavy (non-hydrogen) atoms. The van der Waals surface area contributed by atoms with Gasteiger partial charge in [0, 0.05) is 35.3 Å². The van der Waals surface area contributed by atoms with Gasteiger partial charge < -0.3 is 15.1 Å². The second-order valence-corrected chi connectivity index (χ2v) is 6.58. The lowest BCUT2D eigenvalue weighted by molar-refractivity contribution is 0.0675. The molecule has 1 unspecified atom stereocenters. The molecule has 0 saturated carbocycles. The number of likely N-dealkylation sites (tertiary alicyclic amines) is 1. The van der Waals surface area contributed by atoms with Gasteiger partial charge in [-0.1, -0.05) is 18.2 Å². The number of piperidine rings is 1. The van der Waals surface area contributed by atoms with Gasteiger partial charge in [-0.25, -0.2) is 0 Å². The average molecular weight is 353 g/mol. The van der Waals surface area contributed by atoms with Crippen molar-refractivity contribution in [2.45, 2.75) is 29.5 Å². The molecule has 0 spiro atoms. The molecule has 124 valence electrons. The number of carbonyl (C=O) groups is 1. The zero-order valence-corrected chi connectivity index (χ0v) is 14.4. The standard InChI is InChI=1S/C17H20N2O2S.ClH/c18-14-5-4-9-19(11-14)17(20)16-13(8-10-21-16)12-22-15-6-2-1-3-7-15;/h1-3,6-8,10,14H,4-5,9,11-12,18H2;1H. The van der Waals surface area contributed by atoms with E-state index in [4.69, 9.17) is 10.2 Å². The quantitative estimate of drug-likeness (QED) is 0.855. The van der Waals surface area contributed by atoms with Crippen LogP contribution >= 0.6 is 24.2 Å². The minimum Gasteiger partial charge on any atom is -0.459 e. The third-order valence-corrected chi connectivity index (χ3v) is 4.88. The molecule has 6 heteroatoms. The van der Waals surface area contributed by atoms with E-state index >= 15 is 0 Å². The molecule has 1 aliphatic heterocycles. The topological polar surface area (TPSA) is 59.5 Å². The minimum absolute atomic E-state index is 0. The summed E-state index contributed by atoms with van der Waals surface area (Å²) in [5, 5.41) is 0. The van der Waals surface area contributed by atoms with Gasteiger partial charge >= 0.3 is 0 Å². The highest BCUT2D eigenvalue weighted by atomic mass is 35.5. The molecule has 1 amide bonds. The van der Waals surface area contributed by atoms with Gasteiger partial charge in [0.15, 0.2) is 5.76 Å². The van der Waals surface area contributed by atoms with Crippen molar-refractivity contribution in [3.05, 3.63) is 54.0 Å². The number of furan rings is 1. The monoisotopic (exact) mass is 352 g/mol. The number of halogens is 1. The fraction of sp³-hybridized carbons (Fsp3) is 0.353. The van der Waals surface area contributed by atoms with Gasteiger partial charge in [-0.15, -0.1) is 24.2 Å². The molecule has 1 aliphatic rings. The SMILES string of the molecule is Cl.NC1CCCN(C(=O)c2occc2CSc2ccccc2)C1. The summed E-state index contributed by atoms with van der Waals surface area (Å²) in [5.74, 6) is 1.14. The van der Waals surface area contributed by atoms with Crippen molar-refractivity contribution in [2.75, 3.05) is 13.1 Å². The first-order valence-corrected chi connectivity index (χ1v) is 8.51. The Kier molecular flexibility index (Phi) is 6.57. The third kappa shape index (κ3) is 4.53. The maximum absolute atomic E-state index is 12.6. The maximum atomic E-state index is 12.6. The number of hydrogen-bond acceptors (Lipinski definition) is 4. The van der Waals surface area contributed by atoms with Crippen LogP contribution in [0.2, 0.25) is 0 Å². The Hall–Kier alpha value is -1.43. The molecule has 4 nitrogen and oxygen atoms in total. The zero-order valence-electron chi connectivity index (χ0n) is 12.8. The summed E-state index contributed by atoms with van der Waals surface area (Å²) in [6.07, 6.45) is 3.54. The van der Waals surface area contributed by atoms with E-state index < -0.39 is 0 Å². The molecular formula is C17H21ClN2O2S. The van der Waals surface area contributed by atoms with Crippen LogP contribution in [0.5, 0.6) is 0 Å². The maximum Gasteiger partial charge on any atom is 0.289 e. The van der Waals surface area contributed by atoms with Gasteiger partial charge in [-0.2, -0.15) is 0 Å². The van der Waals surface area contributed by atoms with E-state index in [1.54, 1.807) is 18.0 Å². The molecule has 2 aromatic rings. The highest BCUT2D eigenvalue weighted by molar-refractivity contribution is 7.98. The Balaban J connectivity index is 0.00000192. The Morgan fingerprint density at radius 1 is 1.30 bits per heavy atom. The van der Waals surface area contributed by atoms with E-state index in [9.17, 15) is 4.79 Å². The number of rotatable bonds is 4. The molecule has 0 aliphatic carbocycles. The fourth-order valence-electron chi connectivity index (χ4n) is 2.65. The summed E-state index contributed by atoms with van der Waals surface area (Å²) in [6.45, 7) is 1.38. The average Bonchev–Trinajstić information content (AvgIpc) is 3.01. The van der Waals surface area contributed by atoms with Crippen LogP contribution in [-0.4, -0.2) is 29.9 Å². The second-order valence-electron chi connectivity index (χ2n) is 5.53. The molecule has 0 radical (unpaired) electrons. The van der Waals surface area contributed by atoms with E-state index in [0.717, 1.165) is 30.7 Å². The van der Waals surface area contributed by atoms with E-state index in [2.05, 4.69) is 12.1 Å². The number of carbonyl (C=O) groups excluding carboxylic acids is 1. The number of nitrogens with two attached hydrogens (primary N) is 1. The summed E-state index contributed by atoms with van der Waals surface area (Å²) >= 11 is 1.70. The van der Waals surface area contributed by atoms with Gasteiger partial charge in [0.1, 0.15) is 0 Å². The predicted octanol–water partition coefficient (Wildman–Crippen LogP) is 3.56. The lowest BCUT2D eigenvalue weighted by Gasteiger charge is -2.30. The highest BCUT2D eigenvalue weighted by Gasteiger charge is 2.26. The first kappa shape index (κ1) is 17.9. The van der Waals surface area contributed by atoms with Crippen LogP contribution in [0.15, 0.2) is 52.0 Å². The van der Waals surface area contributed by atoms with Gasteiger partial charge in [-0.3, -0.25) is 4.79 Å². The van der Waals surface area contributed by atoms with Crippen molar-refractivity contribution in [3.8, 4) is 0 Å². The zero-order chi connectivity index (χ0) is 15.4. The van der Waals surface area contributed by atoms with Gasteiger partial charge in [0.2, 0.25) is 0 Å². The highest BCUT2D eigenvalue weighted by Crippen LogP contribution is 2.26. The van der Waals surface area contributed by atoms with Crippen LogP contribution in [0.4, 0.5) is 0 Å². The Morgan fingerprint density at radius 3 is 2.83 bits per heavy atom. The molecule has 1 fully saturated rings. The summed E-state index contributed by atoms with van der Waals surface area (Å²) in [6, 6.07) is 12.1. The lowest BCUT2D eigenvalue weighted by Crippen LogP contribution is -2.45. The van der Waals surface area contributed by atoms with E-state index in [0.29, 0.717) is 12.3 Å². The fourth-order valence-corrected chi connectivity index (χ4v) is 3.55. The Labute approximate surface area is 146 Å². The molecule has 3 rings (SSSR count). The minimum atomic E-state index is -0.0381. The van der Waals surface area contributed by atoms with Crippen molar-refractivity contribution in [1.29, 1.82) is 0 Å². The lowest BCUT2D eigenvalue weighted by atomic mass is 10.1. The molecule has 1 aromatic carbocycles. The number of thioether (sulfide) groups is 1. The van der Waals surface area contributed by atoms with Crippen LogP contribution in [0, 0.1) is 0 Å². The largest absolute Gasteiger partial charge is 0.459 e. The van der Waals surface area contributed by atoms with Crippen molar-refractivity contribution >= 4 is 30.1 Å². The van der Waals surface area contributed by atoms with Crippen molar-refractivity contribution < 1.29 is 9.21 Å². The van der Waals surface area contributed by atoms with Crippen LogP contribution < -0.4 is 5.73 Å². The number of benzene rings is 1. The van der Waals surface area contributed by atoms with E-state index in [-0.39, 0.29) is 24.4 Å². The smallest absolute Gasteiger partial charge is 0.289 e. The third-order valence-electron chi connectivity index (χ3n) is 3.82. The van der Waals surface area contributed by atoms with Crippen LogP contribution in [0.3, 0.4) is 0 Å². The number of hydrogen-bond donors (Lipinski definition) is 1. The van der Waals surface area contributed by atoms with Crippen LogP contribution in [0.1, 0.15) is 29.0 Å². The van der Waals surface area contributed by atoms with Crippen LogP contribution in [-0.2, 0) is 5.75 Å². The molecular weight excluding hydrogens is 332 g/mol. The van der Waals surface area contributed by atoms with Gasteiger partial charge in [0.05, 0.1) is 6.26 Å². The molecule has 2 heterocycles. The molecule has 1 saturated heterocycles. The molecule has 0 bridgehead atoms. The second kappa shape index (κ2) is 8.43. The van der Waals surface area contributed by atoms with Crippen molar-refractivity contribution in [1.82, 2.24) is 4.90 Å². The first-order valence-electron chi connectivity index (χ1n) is 7.53. The first-order chi connectivity index (χ1) is 10.7. The number of nitrogens with zero attached hydrogens (tertiary/aromatic N) is 1. The van der Waals surface area contributed by atoms with Gasteiger partial charge in [-0.05, 0) is 31.0 Å². The molecule has 1 atom stereocenters. The normalized spacial score (nSPS) is 17.6. The summed E-state index contributed by atoms with van der Waals surface area (Å²) in [4.78, 5) is 15.6. The van der Waals surface area contributed by atoms with E-state index in [1.165, 1.54) is 4.90 Å². The summed E-state index contributed by atoms with van der Waals surface area (Å²) in [5.41, 5.74) is 6.90. The molecule has 2 N–H and O–H groups in total. The predicted molar refractivity (Wildman–Crippen MR) is 95.1 cm³/mol.